The zero-order chi connectivity index (χ0) is 9.97. The van der Waals surface area contributed by atoms with Gasteiger partial charge in [0.2, 0.25) is 6.41 Å². The Morgan fingerprint density at radius 1 is 1.57 bits per heavy atom. The predicted octanol–water partition coefficient (Wildman–Crippen LogP) is 0.925. The molecule has 1 aromatic rings. The highest BCUT2D eigenvalue weighted by molar-refractivity contribution is 5.58. The number of likely N-dealkylation sites (N-methyl/N-ethyl adjacent to an activating group) is 1. The van der Waals surface area contributed by atoms with Crippen LogP contribution in [0.25, 0.3) is 0 Å². The summed E-state index contributed by atoms with van der Waals surface area (Å²) in [6, 6.07) is 6.37. The highest BCUT2D eigenvalue weighted by atomic mass is 16.1. The molecule has 1 aromatic carbocycles. The number of nitrogens with one attached hydrogen (secondary N) is 1. The van der Waals surface area contributed by atoms with Crippen molar-refractivity contribution in [1.29, 1.82) is 0 Å². The first-order valence-electron chi connectivity index (χ1n) is 4.81. The Hall–Kier alpha value is -1.51. The second-order valence-electron chi connectivity index (χ2n) is 3.63. The second kappa shape index (κ2) is 3.70. The maximum Gasteiger partial charge on any atom is 0.207 e. The van der Waals surface area contributed by atoms with Crippen LogP contribution in [0.4, 0.5) is 5.69 Å². The third kappa shape index (κ3) is 1.58. The molecule has 0 fully saturated rings. The number of anilines is 1. The van der Waals surface area contributed by atoms with Crippen LogP contribution in [0.1, 0.15) is 11.1 Å². The Morgan fingerprint density at radius 2 is 2.43 bits per heavy atom. The lowest BCUT2D eigenvalue weighted by atomic mass is 10.1. The highest BCUT2D eigenvalue weighted by Gasteiger charge is 2.14. The lowest BCUT2D eigenvalue weighted by molar-refractivity contribution is -0.109. The Labute approximate surface area is 83.7 Å². The smallest absolute Gasteiger partial charge is 0.207 e. The fraction of sp³-hybridized carbons (Fsp3) is 0.364. The van der Waals surface area contributed by atoms with Crippen LogP contribution in [0.15, 0.2) is 18.2 Å². The van der Waals surface area contributed by atoms with Gasteiger partial charge in [-0.3, -0.25) is 4.79 Å². The van der Waals surface area contributed by atoms with E-state index in [1.807, 2.05) is 0 Å². The number of carbonyl (C=O) groups excluding carboxylic acids is 1. The van der Waals surface area contributed by atoms with E-state index in [4.69, 9.17) is 0 Å². The summed E-state index contributed by atoms with van der Waals surface area (Å²) in [5.74, 6) is 0. The molecule has 14 heavy (non-hydrogen) atoms. The van der Waals surface area contributed by atoms with Gasteiger partial charge in [-0.1, -0.05) is 12.1 Å². The van der Waals surface area contributed by atoms with E-state index in [1.54, 1.807) is 0 Å². The number of benzene rings is 1. The van der Waals surface area contributed by atoms with E-state index in [0.29, 0.717) is 6.54 Å². The van der Waals surface area contributed by atoms with Crippen molar-refractivity contribution in [3.8, 4) is 0 Å². The molecule has 3 nitrogen and oxygen atoms in total. The molecule has 1 aliphatic rings. The van der Waals surface area contributed by atoms with Gasteiger partial charge in [0, 0.05) is 25.8 Å². The van der Waals surface area contributed by atoms with E-state index < -0.39 is 0 Å². The van der Waals surface area contributed by atoms with Crippen LogP contribution in [0.3, 0.4) is 0 Å². The van der Waals surface area contributed by atoms with Crippen molar-refractivity contribution in [3.63, 3.8) is 0 Å². The molecule has 0 radical (unpaired) electrons. The van der Waals surface area contributed by atoms with Gasteiger partial charge >= 0.3 is 0 Å². The van der Waals surface area contributed by atoms with Crippen molar-refractivity contribution in [2.24, 2.45) is 0 Å². The summed E-state index contributed by atoms with van der Waals surface area (Å²) >= 11 is 0. The van der Waals surface area contributed by atoms with Gasteiger partial charge < -0.3 is 10.2 Å². The molecule has 0 saturated heterocycles. The molecule has 1 N–H and O–H groups in total. The van der Waals surface area contributed by atoms with Gasteiger partial charge in [0.25, 0.3) is 0 Å². The monoisotopic (exact) mass is 190 g/mol. The molecule has 2 rings (SSSR count). The fourth-order valence-corrected chi connectivity index (χ4v) is 1.89. The number of hydrogen-bond acceptors (Lipinski definition) is 2. The average Bonchev–Trinajstić information content (AvgIpc) is 2.57. The van der Waals surface area contributed by atoms with Crippen LogP contribution in [0.5, 0.6) is 0 Å². The first-order valence-corrected chi connectivity index (χ1v) is 4.81. The summed E-state index contributed by atoms with van der Waals surface area (Å²) in [7, 11) is 2.11. The van der Waals surface area contributed by atoms with Crippen molar-refractivity contribution in [1.82, 2.24) is 5.32 Å². The summed E-state index contributed by atoms with van der Waals surface area (Å²) in [5.41, 5.74) is 3.88. The van der Waals surface area contributed by atoms with Crippen molar-refractivity contribution < 1.29 is 4.79 Å². The van der Waals surface area contributed by atoms with Crippen LogP contribution >= 0.6 is 0 Å². The van der Waals surface area contributed by atoms with Crippen molar-refractivity contribution >= 4 is 12.1 Å². The molecule has 0 bridgehead atoms. The normalized spacial score (nSPS) is 13.9. The third-order valence-corrected chi connectivity index (χ3v) is 2.66. The summed E-state index contributed by atoms with van der Waals surface area (Å²) in [6.45, 7) is 1.72. The summed E-state index contributed by atoms with van der Waals surface area (Å²) in [4.78, 5) is 12.4. The molecule has 0 aliphatic carbocycles. The zero-order valence-electron chi connectivity index (χ0n) is 8.29. The van der Waals surface area contributed by atoms with E-state index in [2.05, 4.69) is 35.5 Å². The van der Waals surface area contributed by atoms with Gasteiger partial charge in [-0.25, -0.2) is 0 Å². The number of fused-ring (bicyclic) bond motifs is 1. The van der Waals surface area contributed by atoms with Gasteiger partial charge in [-0.2, -0.15) is 0 Å². The van der Waals surface area contributed by atoms with E-state index in [0.717, 1.165) is 19.4 Å². The zero-order valence-corrected chi connectivity index (χ0v) is 8.29. The van der Waals surface area contributed by atoms with Crippen LogP contribution in [-0.4, -0.2) is 20.0 Å². The minimum atomic E-state index is 0.625. The molecule has 0 saturated carbocycles. The molecule has 1 heterocycles. The van der Waals surface area contributed by atoms with Crippen LogP contribution in [0, 0.1) is 0 Å². The van der Waals surface area contributed by atoms with Gasteiger partial charge in [-0.15, -0.1) is 0 Å². The van der Waals surface area contributed by atoms with Crippen LogP contribution in [0.2, 0.25) is 0 Å². The lowest BCUT2D eigenvalue weighted by Crippen LogP contribution is -2.12. The average molecular weight is 190 g/mol. The first-order chi connectivity index (χ1) is 6.81. The number of rotatable bonds is 3. The molecule has 0 unspecified atom stereocenters. The Bertz CT molecular complexity index is 349. The minimum absolute atomic E-state index is 0.625. The van der Waals surface area contributed by atoms with Gasteiger partial charge in [0.05, 0.1) is 0 Å². The van der Waals surface area contributed by atoms with E-state index in [-0.39, 0.29) is 0 Å². The number of nitrogens with zero attached hydrogens (tertiary/aromatic N) is 1. The van der Waals surface area contributed by atoms with E-state index >= 15 is 0 Å². The molecule has 0 atom stereocenters. The van der Waals surface area contributed by atoms with E-state index in [1.165, 1.54) is 16.8 Å². The van der Waals surface area contributed by atoms with Crippen LogP contribution in [-0.2, 0) is 17.8 Å². The number of hydrogen-bond donors (Lipinski definition) is 1. The van der Waals surface area contributed by atoms with Crippen molar-refractivity contribution in [3.05, 3.63) is 29.3 Å². The fourth-order valence-electron chi connectivity index (χ4n) is 1.89. The molecule has 3 heteroatoms. The molecule has 0 spiro atoms. The van der Waals surface area contributed by atoms with Crippen LogP contribution < -0.4 is 10.2 Å². The third-order valence-electron chi connectivity index (χ3n) is 2.66. The van der Waals surface area contributed by atoms with Gasteiger partial charge in [0.1, 0.15) is 0 Å². The molecule has 74 valence electrons. The number of amides is 1. The molecular weight excluding hydrogens is 176 g/mol. The van der Waals surface area contributed by atoms with E-state index in [9.17, 15) is 4.79 Å². The standard InChI is InChI=1S/C11H14N2O/c1-13-5-4-10-6-9(7-12-8-14)2-3-11(10)13/h2-3,6,8H,4-5,7H2,1H3,(H,12,14). The van der Waals surface area contributed by atoms with Crippen molar-refractivity contribution in [2.45, 2.75) is 13.0 Å². The highest BCUT2D eigenvalue weighted by Crippen LogP contribution is 2.27. The first kappa shape index (κ1) is 9.06. The Balaban J connectivity index is 2.19. The quantitative estimate of drug-likeness (QED) is 0.719. The number of carbonyl (C=O) groups is 1. The molecule has 0 aromatic heterocycles. The topological polar surface area (TPSA) is 32.3 Å². The largest absolute Gasteiger partial charge is 0.374 e. The summed E-state index contributed by atoms with van der Waals surface area (Å²) in [5, 5.41) is 2.67. The molecule has 1 aliphatic heterocycles. The molecule has 1 amide bonds. The van der Waals surface area contributed by atoms with Gasteiger partial charge in [0.15, 0.2) is 0 Å². The maximum atomic E-state index is 10.1. The second-order valence-corrected chi connectivity index (χ2v) is 3.63. The SMILES string of the molecule is CN1CCc2cc(CNC=O)ccc21. The predicted molar refractivity (Wildman–Crippen MR) is 56.3 cm³/mol. The Kier molecular flexibility index (Phi) is 2.39. The minimum Gasteiger partial charge on any atom is -0.374 e. The van der Waals surface area contributed by atoms with Gasteiger partial charge in [-0.05, 0) is 23.6 Å². The summed E-state index contributed by atoms with van der Waals surface area (Å²) < 4.78 is 0. The van der Waals surface area contributed by atoms with Crippen molar-refractivity contribution in [2.75, 3.05) is 18.5 Å². The lowest BCUT2D eigenvalue weighted by Gasteiger charge is -2.11. The molecular formula is C11H14N2O. The maximum absolute atomic E-state index is 10.1. The summed E-state index contributed by atoms with van der Waals surface area (Å²) in [6.07, 6.45) is 1.85. The Morgan fingerprint density at radius 3 is 3.21 bits per heavy atom.